The molecule has 108 valence electrons. The van der Waals surface area contributed by atoms with Crippen LogP contribution in [0.15, 0.2) is 24.3 Å². The molecule has 0 aliphatic rings. The third-order valence-electron chi connectivity index (χ3n) is 2.32. The summed E-state index contributed by atoms with van der Waals surface area (Å²) in [6.07, 6.45) is 0.230. The molecule has 0 atom stereocenters. The SMILES string of the molecule is COC(=O)c1ccccc1NC(=O)CCSCC(N)=O. The van der Waals surface area contributed by atoms with E-state index < -0.39 is 11.9 Å². The topological polar surface area (TPSA) is 98.5 Å². The van der Waals surface area contributed by atoms with Crippen LogP contribution in [-0.4, -0.2) is 36.4 Å². The van der Waals surface area contributed by atoms with Gasteiger partial charge in [0.15, 0.2) is 0 Å². The van der Waals surface area contributed by atoms with E-state index >= 15 is 0 Å². The number of anilines is 1. The third kappa shape index (κ3) is 5.31. The molecule has 7 heteroatoms. The van der Waals surface area contributed by atoms with E-state index in [4.69, 9.17) is 5.73 Å². The number of rotatable bonds is 7. The van der Waals surface area contributed by atoms with Crippen molar-refractivity contribution in [2.45, 2.75) is 6.42 Å². The molecule has 0 radical (unpaired) electrons. The van der Waals surface area contributed by atoms with Crippen LogP contribution in [0.4, 0.5) is 5.69 Å². The fourth-order valence-corrected chi connectivity index (χ4v) is 2.11. The summed E-state index contributed by atoms with van der Waals surface area (Å²) in [5.41, 5.74) is 5.70. The van der Waals surface area contributed by atoms with E-state index in [1.807, 2.05) is 0 Å². The van der Waals surface area contributed by atoms with Crippen LogP contribution in [0.3, 0.4) is 0 Å². The Balaban J connectivity index is 2.53. The molecule has 3 N–H and O–H groups in total. The molecule has 0 heterocycles. The van der Waals surface area contributed by atoms with Crippen LogP contribution in [-0.2, 0) is 14.3 Å². The number of thioether (sulfide) groups is 1. The first-order chi connectivity index (χ1) is 9.54. The van der Waals surface area contributed by atoms with E-state index in [0.29, 0.717) is 17.0 Å². The highest BCUT2D eigenvalue weighted by atomic mass is 32.2. The van der Waals surface area contributed by atoms with Gasteiger partial charge in [-0.25, -0.2) is 4.79 Å². The number of benzene rings is 1. The van der Waals surface area contributed by atoms with Crippen molar-refractivity contribution in [2.75, 3.05) is 23.9 Å². The highest BCUT2D eigenvalue weighted by molar-refractivity contribution is 7.99. The fourth-order valence-electron chi connectivity index (χ4n) is 1.43. The van der Waals surface area contributed by atoms with E-state index in [-0.39, 0.29) is 18.1 Å². The van der Waals surface area contributed by atoms with Gasteiger partial charge in [-0.15, -0.1) is 0 Å². The van der Waals surface area contributed by atoms with Crippen molar-refractivity contribution in [1.29, 1.82) is 0 Å². The predicted octanol–water partition coefficient (Wildman–Crippen LogP) is 1.02. The standard InChI is InChI=1S/C13H16N2O4S/c1-19-13(18)9-4-2-3-5-10(9)15-12(17)6-7-20-8-11(14)16/h2-5H,6-8H2,1H3,(H2,14,16)(H,15,17). The van der Waals surface area contributed by atoms with Gasteiger partial charge in [-0.05, 0) is 12.1 Å². The second-order valence-corrected chi connectivity index (χ2v) is 4.96. The molecule has 20 heavy (non-hydrogen) atoms. The lowest BCUT2D eigenvalue weighted by Gasteiger charge is -2.09. The maximum atomic E-state index is 11.7. The van der Waals surface area contributed by atoms with Gasteiger partial charge >= 0.3 is 5.97 Å². The number of methoxy groups -OCH3 is 1. The van der Waals surface area contributed by atoms with Gasteiger partial charge in [0, 0.05) is 12.2 Å². The van der Waals surface area contributed by atoms with E-state index in [0.717, 1.165) is 0 Å². The minimum Gasteiger partial charge on any atom is -0.465 e. The number of hydrogen-bond donors (Lipinski definition) is 2. The van der Waals surface area contributed by atoms with E-state index in [1.165, 1.54) is 18.9 Å². The maximum absolute atomic E-state index is 11.7. The number of para-hydroxylation sites is 1. The summed E-state index contributed by atoms with van der Waals surface area (Å²) in [5.74, 6) is -0.491. The lowest BCUT2D eigenvalue weighted by atomic mass is 10.2. The van der Waals surface area contributed by atoms with Crippen LogP contribution in [0.5, 0.6) is 0 Å². The fraction of sp³-hybridized carbons (Fsp3) is 0.308. The molecule has 0 unspecified atom stereocenters. The Kier molecular flexibility index (Phi) is 6.58. The van der Waals surface area contributed by atoms with Crippen molar-refractivity contribution in [3.8, 4) is 0 Å². The Bertz CT molecular complexity index is 505. The van der Waals surface area contributed by atoms with Crippen LogP contribution in [0.1, 0.15) is 16.8 Å². The lowest BCUT2D eigenvalue weighted by molar-refractivity contribution is -0.116. The van der Waals surface area contributed by atoms with Gasteiger partial charge in [-0.3, -0.25) is 9.59 Å². The maximum Gasteiger partial charge on any atom is 0.339 e. The van der Waals surface area contributed by atoms with Crippen molar-refractivity contribution in [3.05, 3.63) is 29.8 Å². The molecule has 0 bridgehead atoms. The van der Waals surface area contributed by atoms with Crippen molar-refractivity contribution in [1.82, 2.24) is 0 Å². The first kappa shape index (κ1) is 16.0. The number of amides is 2. The molecule has 1 aromatic carbocycles. The van der Waals surface area contributed by atoms with E-state index in [1.54, 1.807) is 24.3 Å². The first-order valence-corrected chi connectivity index (χ1v) is 7.03. The van der Waals surface area contributed by atoms with Gasteiger partial charge in [0.2, 0.25) is 11.8 Å². The summed E-state index contributed by atoms with van der Waals surface area (Å²) >= 11 is 1.29. The molecule has 0 aromatic heterocycles. The van der Waals surface area contributed by atoms with Crippen LogP contribution in [0.2, 0.25) is 0 Å². The average Bonchev–Trinajstić information content (AvgIpc) is 2.43. The van der Waals surface area contributed by atoms with Gasteiger partial charge in [-0.2, -0.15) is 11.8 Å². The number of ether oxygens (including phenoxy) is 1. The monoisotopic (exact) mass is 296 g/mol. The average molecular weight is 296 g/mol. The number of carbonyl (C=O) groups excluding carboxylic acids is 3. The Morgan fingerprint density at radius 1 is 1.30 bits per heavy atom. The van der Waals surface area contributed by atoms with Gasteiger partial charge in [0.25, 0.3) is 0 Å². The largest absolute Gasteiger partial charge is 0.465 e. The molecule has 1 rings (SSSR count). The second kappa shape index (κ2) is 8.21. The normalized spacial score (nSPS) is 9.85. The molecular weight excluding hydrogens is 280 g/mol. The Morgan fingerprint density at radius 2 is 2.00 bits per heavy atom. The summed E-state index contributed by atoms with van der Waals surface area (Å²) in [4.78, 5) is 33.8. The summed E-state index contributed by atoms with van der Waals surface area (Å²) in [7, 11) is 1.28. The number of esters is 1. The van der Waals surface area contributed by atoms with Crippen molar-refractivity contribution < 1.29 is 19.1 Å². The molecule has 0 spiro atoms. The minimum atomic E-state index is -0.510. The number of carbonyl (C=O) groups is 3. The van der Waals surface area contributed by atoms with Crippen LogP contribution < -0.4 is 11.1 Å². The predicted molar refractivity (Wildman–Crippen MR) is 77.5 cm³/mol. The summed E-state index contributed by atoms with van der Waals surface area (Å²) in [6.45, 7) is 0. The molecule has 0 fully saturated rings. The summed E-state index contributed by atoms with van der Waals surface area (Å²) in [5, 5.41) is 2.64. The number of hydrogen-bond acceptors (Lipinski definition) is 5. The Morgan fingerprint density at radius 3 is 2.65 bits per heavy atom. The molecule has 6 nitrogen and oxygen atoms in total. The van der Waals surface area contributed by atoms with E-state index in [9.17, 15) is 14.4 Å². The van der Waals surface area contributed by atoms with Crippen molar-refractivity contribution >= 4 is 35.2 Å². The van der Waals surface area contributed by atoms with E-state index in [2.05, 4.69) is 10.1 Å². The third-order valence-corrected chi connectivity index (χ3v) is 3.31. The molecule has 0 aliphatic carbocycles. The Labute approximate surface area is 121 Å². The van der Waals surface area contributed by atoms with Crippen molar-refractivity contribution in [2.24, 2.45) is 5.73 Å². The Hall–Kier alpha value is -2.02. The van der Waals surface area contributed by atoms with Gasteiger partial charge in [-0.1, -0.05) is 12.1 Å². The zero-order valence-electron chi connectivity index (χ0n) is 11.0. The number of nitrogens with one attached hydrogen (secondary N) is 1. The zero-order chi connectivity index (χ0) is 15.0. The quantitative estimate of drug-likeness (QED) is 0.578. The van der Waals surface area contributed by atoms with Gasteiger partial charge in [0.1, 0.15) is 0 Å². The summed E-state index contributed by atoms with van der Waals surface area (Å²) < 4.78 is 4.64. The molecular formula is C13H16N2O4S. The molecule has 0 saturated carbocycles. The van der Waals surface area contributed by atoms with Gasteiger partial charge < -0.3 is 15.8 Å². The first-order valence-electron chi connectivity index (χ1n) is 5.88. The second-order valence-electron chi connectivity index (χ2n) is 3.85. The zero-order valence-corrected chi connectivity index (χ0v) is 11.9. The molecule has 2 amide bonds. The molecule has 1 aromatic rings. The highest BCUT2D eigenvalue weighted by Gasteiger charge is 2.12. The molecule has 0 aliphatic heterocycles. The number of primary amides is 1. The number of nitrogens with two attached hydrogens (primary N) is 1. The molecule has 0 saturated heterocycles. The highest BCUT2D eigenvalue weighted by Crippen LogP contribution is 2.16. The van der Waals surface area contributed by atoms with Crippen molar-refractivity contribution in [3.63, 3.8) is 0 Å². The summed E-state index contributed by atoms with van der Waals surface area (Å²) in [6, 6.07) is 6.60. The van der Waals surface area contributed by atoms with Crippen LogP contribution in [0.25, 0.3) is 0 Å². The van der Waals surface area contributed by atoms with Crippen LogP contribution >= 0.6 is 11.8 Å². The smallest absolute Gasteiger partial charge is 0.339 e. The lowest BCUT2D eigenvalue weighted by Crippen LogP contribution is -2.17. The minimum absolute atomic E-state index is 0.187. The van der Waals surface area contributed by atoms with Crippen LogP contribution in [0, 0.1) is 0 Å². The van der Waals surface area contributed by atoms with Gasteiger partial charge in [0.05, 0.1) is 24.1 Å².